The lowest BCUT2D eigenvalue weighted by Crippen LogP contribution is -2.36. The van der Waals surface area contributed by atoms with Gasteiger partial charge in [0.2, 0.25) is 0 Å². The van der Waals surface area contributed by atoms with Crippen molar-refractivity contribution >= 4 is 40.1 Å². The van der Waals surface area contributed by atoms with Gasteiger partial charge in [-0.15, -0.1) is 0 Å². The van der Waals surface area contributed by atoms with Gasteiger partial charge in [0.1, 0.15) is 17.5 Å². The third-order valence-electron chi connectivity index (χ3n) is 5.71. The van der Waals surface area contributed by atoms with Crippen LogP contribution in [0, 0.1) is 0 Å². The quantitative estimate of drug-likeness (QED) is 0.426. The first-order valence-electron chi connectivity index (χ1n) is 10.3. The predicted molar refractivity (Wildman–Crippen MR) is 124 cm³/mol. The number of nitrogens with zero attached hydrogens (tertiary/aromatic N) is 4. The molecule has 0 saturated heterocycles. The molecule has 2 atom stereocenters. The Bertz CT molecular complexity index is 1220. The molecule has 1 fully saturated rings. The molecule has 0 spiro atoms. The fourth-order valence-electron chi connectivity index (χ4n) is 4.12. The standard InChI is InChI=1S/C23H21Cl2N5O/c24-15-11-9-14(10-12-15)22-20-21(29-30(22)18-7-3-1-5-16(18)25)23(27-13-26-20)28-17-6-2-4-8-19(17)31/h1,3,5,7,9-13,17,19,31H,2,4,6,8H2,(H,26,27,28). The Labute approximate surface area is 189 Å². The average molecular weight is 454 g/mol. The van der Waals surface area contributed by atoms with Gasteiger partial charge in [0.05, 0.1) is 22.9 Å². The van der Waals surface area contributed by atoms with Crippen molar-refractivity contribution in [3.05, 3.63) is 64.9 Å². The summed E-state index contributed by atoms with van der Waals surface area (Å²) in [6, 6.07) is 15.0. The molecular weight excluding hydrogens is 433 g/mol. The van der Waals surface area contributed by atoms with E-state index in [0.717, 1.165) is 42.6 Å². The minimum absolute atomic E-state index is 0.0590. The van der Waals surface area contributed by atoms with Crippen LogP contribution in [0.15, 0.2) is 54.9 Å². The fourth-order valence-corrected chi connectivity index (χ4v) is 4.46. The SMILES string of the molecule is OC1CCCCC1Nc1ncnc2c(-c3ccc(Cl)cc3)n(-c3ccccc3Cl)nc12. The topological polar surface area (TPSA) is 75.9 Å². The van der Waals surface area contributed by atoms with E-state index >= 15 is 0 Å². The van der Waals surface area contributed by atoms with Gasteiger partial charge in [-0.1, -0.05) is 60.3 Å². The van der Waals surface area contributed by atoms with E-state index < -0.39 is 6.10 Å². The van der Waals surface area contributed by atoms with Crippen LogP contribution in [0.2, 0.25) is 10.0 Å². The molecule has 6 nitrogen and oxygen atoms in total. The summed E-state index contributed by atoms with van der Waals surface area (Å²) >= 11 is 12.6. The molecule has 0 bridgehead atoms. The van der Waals surface area contributed by atoms with Crippen molar-refractivity contribution in [1.82, 2.24) is 19.7 Å². The van der Waals surface area contributed by atoms with Crippen LogP contribution in [-0.4, -0.2) is 37.0 Å². The molecule has 0 radical (unpaired) electrons. The third-order valence-corrected chi connectivity index (χ3v) is 6.28. The highest BCUT2D eigenvalue weighted by atomic mass is 35.5. The van der Waals surface area contributed by atoms with Crippen LogP contribution in [0.25, 0.3) is 28.0 Å². The Morgan fingerprint density at radius 2 is 1.71 bits per heavy atom. The Hall–Kier alpha value is -2.67. The number of aromatic nitrogens is 4. The second kappa shape index (κ2) is 8.46. The second-order valence-corrected chi connectivity index (χ2v) is 8.58. The monoisotopic (exact) mass is 453 g/mol. The van der Waals surface area contributed by atoms with Gasteiger partial charge in [0.25, 0.3) is 0 Å². The second-order valence-electron chi connectivity index (χ2n) is 7.74. The maximum atomic E-state index is 10.4. The molecule has 2 aromatic heterocycles. The zero-order valence-electron chi connectivity index (χ0n) is 16.7. The maximum Gasteiger partial charge on any atom is 0.158 e. The summed E-state index contributed by atoms with van der Waals surface area (Å²) in [6.45, 7) is 0. The number of aliphatic hydroxyl groups excluding tert-OH is 1. The highest BCUT2D eigenvalue weighted by Gasteiger charge is 2.26. The van der Waals surface area contributed by atoms with Crippen LogP contribution in [0.5, 0.6) is 0 Å². The molecule has 0 aliphatic heterocycles. The summed E-state index contributed by atoms with van der Waals surface area (Å²) < 4.78 is 1.80. The molecular formula is C23H21Cl2N5O. The van der Waals surface area contributed by atoms with Gasteiger partial charge in [0, 0.05) is 10.6 Å². The maximum absolute atomic E-state index is 10.4. The van der Waals surface area contributed by atoms with Gasteiger partial charge in [-0.3, -0.25) is 0 Å². The Morgan fingerprint density at radius 1 is 0.935 bits per heavy atom. The number of aliphatic hydroxyl groups is 1. The van der Waals surface area contributed by atoms with Crippen LogP contribution in [0.3, 0.4) is 0 Å². The average Bonchev–Trinajstić information content (AvgIpc) is 3.16. The number of fused-ring (bicyclic) bond motifs is 1. The van der Waals surface area contributed by atoms with E-state index in [2.05, 4.69) is 15.3 Å². The Balaban J connectivity index is 1.70. The normalized spacial score (nSPS) is 18.9. The summed E-state index contributed by atoms with van der Waals surface area (Å²) in [4.78, 5) is 9.01. The van der Waals surface area contributed by atoms with Crippen molar-refractivity contribution in [2.45, 2.75) is 37.8 Å². The summed E-state index contributed by atoms with van der Waals surface area (Å²) in [5.74, 6) is 0.608. The van der Waals surface area contributed by atoms with Crippen LogP contribution in [0.1, 0.15) is 25.7 Å². The van der Waals surface area contributed by atoms with Crippen molar-refractivity contribution in [3.63, 3.8) is 0 Å². The first-order valence-corrected chi connectivity index (χ1v) is 11.1. The van der Waals surface area contributed by atoms with Crippen LogP contribution >= 0.6 is 23.2 Å². The van der Waals surface area contributed by atoms with Gasteiger partial charge in [-0.25, -0.2) is 14.6 Å². The lowest BCUT2D eigenvalue weighted by Gasteiger charge is -2.28. The number of hydrogen-bond donors (Lipinski definition) is 2. The van der Waals surface area contributed by atoms with Gasteiger partial charge < -0.3 is 10.4 Å². The van der Waals surface area contributed by atoms with E-state index in [-0.39, 0.29) is 6.04 Å². The molecule has 158 valence electrons. The number of rotatable bonds is 4. The Morgan fingerprint density at radius 3 is 2.48 bits per heavy atom. The molecule has 1 aliphatic rings. The lowest BCUT2D eigenvalue weighted by atomic mass is 9.92. The summed E-state index contributed by atoms with van der Waals surface area (Å²) in [5, 5.41) is 19.9. The zero-order valence-corrected chi connectivity index (χ0v) is 18.2. The molecule has 2 unspecified atom stereocenters. The minimum Gasteiger partial charge on any atom is -0.391 e. The highest BCUT2D eigenvalue weighted by Crippen LogP contribution is 2.35. The molecule has 0 amide bonds. The highest BCUT2D eigenvalue weighted by molar-refractivity contribution is 6.32. The number of benzene rings is 2. The molecule has 2 N–H and O–H groups in total. The van der Waals surface area contributed by atoms with Crippen molar-refractivity contribution in [1.29, 1.82) is 0 Å². The van der Waals surface area contributed by atoms with E-state index in [0.29, 0.717) is 26.9 Å². The van der Waals surface area contributed by atoms with Gasteiger partial charge in [-0.2, -0.15) is 5.10 Å². The van der Waals surface area contributed by atoms with Crippen LogP contribution in [0.4, 0.5) is 5.82 Å². The predicted octanol–water partition coefficient (Wildman–Crippen LogP) is 5.50. The number of anilines is 1. The van der Waals surface area contributed by atoms with Crippen LogP contribution in [-0.2, 0) is 0 Å². The molecule has 8 heteroatoms. The van der Waals surface area contributed by atoms with Crippen LogP contribution < -0.4 is 5.32 Å². The van der Waals surface area contributed by atoms with E-state index in [1.165, 1.54) is 6.33 Å². The summed E-state index contributed by atoms with van der Waals surface area (Å²) in [5.41, 5.74) is 3.79. The van der Waals surface area contributed by atoms with Gasteiger partial charge >= 0.3 is 0 Å². The smallest absolute Gasteiger partial charge is 0.158 e. The van der Waals surface area contributed by atoms with Gasteiger partial charge in [0.15, 0.2) is 11.3 Å². The van der Waals surface area contributed by atoms with E-state index in [1.54, 1.807) is 4.68 Å². The van der Waals surface area contributed by atoms with Crippen molar-refractivity contribution in [3.8, 4) is 16.9 Å². The van der Waals surface area contributed by atoms with Crippen molar-refractivity contribution in [2.75, 3.05) is 5.32 Å². The van der Waals surface area contributed by atoms with Crippen molar-refractivity contribution in [2.24, 2.45) is 0 Å². The largest absolute Gasteiger partial charge is 0.391 e. The molecule has 31 heavy (non-hydrogen) atoms. The molecule has 2 aromatic carbocycles. The fraction of sp³-hybridized carbons (Fsp3) is 0.261. The number of nitrogens with one attached hydrogen (secondary N) is 1. The summed E-state index contributed by atoms with van der Waals surface area (Å²) in [7, 11) is 0. The molecule has 2 heterocycles. The third kappa shape index (κ3) is 3.87. The minimum atomic E-state index is -0.403. The zero-order chi connectivity index (χ0) is 21.4. The van der Waals surface area contributed by atoms with E-state index in [9.17, 15) is 5.11 Å². The first-order chi connectivity index (χ1) is 15.1. The van der Waals surface area contributed by atoms with E-state index in [1.807, 2.05) is 48.5 Å². The molecule has 4 aromatic rings. The summed E-state index contributed by atoms with van der Waals surface area (Å²) in [6.07, 6.45) is 4.92. The van der Waals surface area contributed by atoms with Gasteiger partial charge in [-0.05, 0) is 37.1 Å². The lowest BCUT2D eigenvalue weighted by molar-refractivity contribution is 0.116. The van der Waals surface area contributed by atoms with E-state index in [4.69, 9.17) is 28.3 Å². The number of halogens is 2. The number of para-hydroxylation sites is 1. The molecule has 5 rings (SSSR count). The first kappa shape index (κ1) is 20.2. The number of hydrogen-bond acceptors (Lipinski definition) is 5. The van der Waals surface area contributed by atoms with Crippen molar-refractivity contribution < 1.29 is 5.11 Å². The Kier molecular flexibility index (Phi) is 5.52. The molecule has 1 saturated carbocycles. The molecule has 1 aliphatic carbocycles.